The Hall–Kier alpha value is -4.18. The molecular weight excluding hydrogens is 486 g/mol. The number of nitrogens with zero attached hydrogens (tertiary/aromatic N) is 5. The van der Waals surface area contributed by atoms with Crippen molar-refractivity contribution in [2.24, 2.45) is 10.9 Å². The second kappa shape index (κ2) is 11.5. The Morgan fingerprint density at radius 3 is 2.55 bits per heavy atom. The van der Waals surface area contributed by atoms with Crippen LogP contribution in [0.5, 0.6) is 0 Å². The van der Waals surface area contributed by atoms with E-state index in [9.17, 15) is 14.9 Å². The van der Waals surface area contributed by atoms with Crippen LogP contribution in [0.3, 0.4) is 0 Å². The summed E-state index contributed by atoms with van der Waals surface area (Å²) in [5, 5.41) is 15.7. The van der Waals surface area contributed by atoms with Gasteiger partial charge in [0.1, 0.15) is 5.92 Å². The van der Waals surface area contributed by atoms with Gasteiger partial charge in [-0.05, 0) is 45.9 Å². The molecule has 1 aliphatic heterocycles. The number of hydrogen-bond acceptors (Lipinski definition) is 9. The molecule has 2 heterocycles. The van der Waals surface area contributed by atoms with E-state index in [0.717, 1.165) is 5.56 Å². The minimum absolute atomic E-state index is 0.0793. The van der Waals surface area contributed by atoms with Gasteiger partial charge in [-0.15, -0.1) is 0 Å². The zero-order valence-corrected chi connectivity index (χ0v) is 22.1. The average molecular weight is 518 g/mol. The minimum atomic E-state index is -0.811. The number of aromatic nitrogens is 2. The van der Waals surface area contributed by atoms with Crippen molar-refractivity contribution in [3.63, 3.8) is 0 Å². The number of carbonyl (C=O) groups is 1. The highest BCUT2D eigenvalue weighted by Crippen LogP contribution is 2.44. The highest BCUT2D eigenvalue weighted by molar-refractivity contribution is 6.06. The number of aliphatic imine (C=N–C) groups is 1. The van der Waals surface area contributed by atoms with E-state index >= 15 is 0 Å². The molecule has 3 aromatic rings. The van der Waals surface area contributed by atoms with Crippen LogP contribution in [-0.4, -0.2) is 44.8 Å². The molecule has 0 saturated carbocycles. The Morgan fingerprint density at radius 1 is 1.13 bits per heavy atom. The smallest absolute Gasteiger partial charge is 0.315 e. The van der Waals surface area contributed by atoms with Gasteiger partial charge in [0.2, 0.25) is 0 Å². The van der Waals surface area contributed by atoms with Crippen LogP contribution in [0.1, 0.15) is 56.5 Å². The number of ether oxygens (including phenoxy) is 1. The van der Waals surface area contributed by atoms with E-state index in [1.165, 1.54) is 12.1 Å². The van der Waals surface area contributed by atoms with Gasteiger partial charge < -0.3 is 9.26 Å². The number of nitro groups is 1. The lowest BCUT2D eigenvalue weighted by atomic mass is 9.75. The van der Waals surface area contributed by atoms with Crippen molar-refractivity contribution in [3.8, 4) is 0 Å². The van der Waals surface area contributed by atoms with Gasteiger partial charge in [0, 0.05) is 41.6 Å². The predicted molar refractivity (Wildman–Crippen MR) is 142 cm³/mol. The zero-order valence-electron chi connectivity index (χ0n) is 22.1. The number of carbonyl (C=O) groups excluding carboxylic acids is 1. The third kappa shape index (κ3) is 6.03. The first-order valence-electron chi connectivity index (χ1n) is 12.4. The predicted octanol–water partition coefficient (Wildman–Crippen LogP) is 5.17. The summed E-state index contributed by atoms with van der Waals surface area (Å²) in [5.41, 5.74) is 3.34. The molecule has 10 nitrogen and oxygen atoms in total. The molecule has 0 radical (unpaired) electrons. The van der Waals surface area contributed by atoms with E-state index in [4.69, 9.17) is 9.26 Å². The molecule has 0 N–H and O–H groups in total. The molecule has 1 aliphatic rings. The lowest BCUT2D eigenvalue weighted by Crippen LogP contribution is -2.35. The maximum Gasteiger partial charge on any atom is 0.315 e. The molecule has 0 fully saturated rings. The van der Waals surface area contributed by atoms with Crippen LogP contribution in [0.4, 0.5) is 5.69 Å². The van der Waals surface area contributed by atoms with Crippen molar-refractivity contribution in [3.05, 3.63) is 93.3 Å². The summed E-state index contributed by atoms with van der Waals surface area (Å²) in [6, 6.07) is 16.3. The number of allylic oxidation sites excluding steroid dienone is 2. The van der Waals surface area contributed by atoms with Gasteiger partial charge in [-0.3, -0.25) is 24.8 Å². The number of hydrogen-bond donors (Lipinski definition) is 0. The van der Waals surface area contributed by atoms with Crippen molar-refractivity contribution >= 4 is 22.9 Å². The molecule has 4 rings (SSSR count). The molecule has 1 aromatic heterocycles. The first-order valence-corrected chi connectivity index (χ1v) is 12.4. The fraction of sp³-hybridized carbons (Fsp3) is 0.357. The molecule has 2 unspecified atom stereocenters. The van der Waals surface area contributed by atoms with Crippen LogP contribution in [0.25, 0.3) is 5.57 Å². The summed E-state index contributed by atoms with van der Waals surface area (Å²) in [6.07, 6.45) is -0.341. The van der Waals surface area contributed by atoms with Crippen LogP contribution >= 0.6 is 0 Å². The van der Waals surface area contributed by atoms with Gasteiger partial charge in [-0.1, -0.05) is 47.6 Å². The van der Waals surface area contributed by atoms with Crippen molar-refractivity contribution in [2.75, 3.05) is 7.05 Å². The number of nitro benzene ring substituents is 1. The van der Waals surface area contributed by atoms with E-state index in [0.29, 0.717) is 41.5 Å². The fourth-order valence-electron chi connectivity index (χ4n) is 4.74. The summed E-state index contributed by atoms with van der Waals surface area (Å²) in [7, 11) is 1.96. The molecule has 2 aromatic carbocycles. The molecule has 0 spiro atoms. The Labute approximate surface area is 221 Å². The lowest BCUT2D eigenvalue weighted by Gasteiger charge is -2.31. The molecule has 38 heavy (non-hydrogen) atoms. The van der Waals surface area contributed by atoms with Crippen molar-refractivity contribution < 1.29 is 19.0 Å². The summed E-state index contributed by atoms with van der Waals surface area (Å²) in [5.74, 6) is -1.24. The summed E-state index contributed by atoms with van der Waals surface area (Å²) in [6.45, 7) is 8.25. The standard InChI is InChI=1S/C28H31N5O5/c1-17(2)37-28(34)25-19(4)29-18(3)24(26(25)21-12-9-13-22(14-21)33(35)36)27-30-23(31-38-27)16-32(5)15-20-10-7-6-8-11-20/h6-14,17,25-26H,15-16H2,1-5H3. The first-order chi connectivity index (χ1) is 18.1. The normalized spacial score (nSPS) is 17.6. The van der Waals surface area contributed by atoms with Gasteiger partial charge in [0.15, 0.2) is 5.82 Å². The highest BCUT2D eigenvalue weighted by Gasteiger charge is 2.42. The highest BCUT2D eigenvalue weighted by atomic mass is 16.6. The van der Waals surface area contributed by atoms with Crippen LogP contribution in [0.15, 0.2) is 69.8 Å². The Bertz CT molecular complexity index is 1380. The Morgan fingerprint density at radius 2 is 1.87 bits per heavy atom. The van der Waals surface area contributed by atoms with Gasteiger partial charge in [0.05, 0.1) is 17.6 Å². The average Bonchev–Trinajstić information content (AvgIpc) is 3.31. The molecule has 10 heteroatoms. The van der Waals surface area contributed by atoms with Crippen LogP contribution in [0, 0.1) is 16.0 Å². The second-order valence-corrected chi connectivity index (χ2v) is 9.72. The van der Waals surface area contributed by atoms with Crippen LogP contribution < -0.4 is 0 Å². The number of non-ortho nitro benzene ring substituents is 1. The van der Waals surface area contributed by atoms with Gasteiger partial charge in [-0.25, -0.2) is 0 Å². The summed E-state index contributed by atoms with van der Waals surface area (Å²) < 4.78 is 11.3. The summed E-state index contributed by atoms with van der Waals surface area (Å²) >= 11 is 0. The Balaban J connectivity index is 1.71. The molecule has 2 atom stereocenters. The molecule has 0 bridgehead atoms. The van der Waals surface area contributed by atoms with Gasteiger partial charge in [-0.2, -0.15) is 4.98 Å². The van der Waals surface area contributed by atoms with E-state index in [1.54, 1.807) is 39.8 Å². The molecular formula is C28H31N5O5. The SMILES string of the molecule is CC1=NC(C)=C(c2nc(CN(C)Cc3ccccc3)no2)C(c2cccc([N+](=O)[O-])c2)C1C(=O)OC(C)C. The third-order valence-electron chi connectivity index (χ3n) is 6.28. The first kappa shape index (κ1) is 26.9. The quantitative estimate of drug-likeness (QED) is 0.216. The van der Waals surface area contributed by atoms with Crippen molar-refractivity contribution in [1.82, 2.24) is 15.0 Å². The van der Waals surface area contributed by atoms with E-state index in [-0.39, 0.29) is 17.7 Å². The molecule has 198 valence electrons. The minimum Gasteiger partial charge on any atom is -0.462 e. The van der Waals surface area contributed by atoms with Gasteiger partial charge in [0.25, 0.3) is 11.6 Å². The van der Waals surface area contributed by atoms with Crippen LogP contribution in [0.2, 0.25) is 0 Å². The topological polar surface area (TPSA) is 124 Å². The number of esters is 1. The maximum atomic E-state index is 13.3. The number of benzene rings is 2. The van der Waals surface area contributed by atoms with Gasteiger partial charge >= 0.3 is 5.97 Å². The Kier molecular flexibility index (Phi) is 8.11. The van der Waals surface area contributed by atoms with Crippen molar-refractivity contribution in [2.45, 2.75) is 52.8 Å². The summed E-state index contributed by atoms with van der Waals surface area (Å²) in [4.78, 5) is 35.7. The third-order valence-corrected chi connectivity index (χ3v) is 6.28. The number of rotatable bonds is 9. The fourth-order valence-corrected chi connectivity index (χ4v) is 4.74. The van der Waals surface area contributed by atoms with E-state index in [1.807, 2.05) is 25.2 Å². The lowest BCUT2D eigenvalue weighted by molar-refractivity contribution is -0.384. The van der Waals surface area contributed by atoms with E-state index < -0.39 is 22.7 Å². The van der Waals surface area contributed by atoms with E-state index in [2.05, 4.69) is 32.2 Å². The van der Waals surface area contributed by atoms with Crippen molar-refractivity contribution in [1.29, 1.82) is 0 Å². The van der Waals surface area contributed by atoms with Crippen LogP contribution in [-0.2, 0) is 22.6 Å². The largest absolute Gasteiger partial charge is 0.462 e. The molecule has 0 saturated heterocycles. The maximum absolute atomic E-state index is 13.3. The molecule has 0 amide bonds. The monoisotopic (exact) mass is 517 g/mol. The zero-order chi connectivity index (χ0) is 27.4. The molecule has 0 aliphatic carbocycles. The second-order valence-electron chi connectivity index (χ2n) is 9.72.